The van der Waals surface area contributed by atoms with Crippen LogP contribution in [0.15, 0.2) is 65.7 Å². The van der Waals surface area contributed by atoms with E-state index in [1.54, 1.807) is 17.2 Å². The average molecular weight is 360 g/mol. The summed E-state index contributed by atoms with van der Waals surface area (Å²) in [5.41, 5.74) is 2.91. The first kappa shape index (κ1) is 17.6. The number of piperazine rings is 1. The van der Waals surface area contributed by atoms with E-state index >= 15 is 0 Å². The molecule has 0 spiro atoms. The van der Waals surface area contributed by atoms with Gasteiger partial charge in [-0.1, -0.05) is 30.3 Å². The molecule has 3 aromatic rings. The number of phenols is 1. The summed E-state index contributed by atoms with van der Waals surface area (Å²) >= 11 is 0. The van der Waals surface area contributed by atoms with Crippen molar-refractivity contribution in [3.05, 3.63) is 66.2 Å². The van der Waals surface area contributed by atoms with E-state index in [-0.39, 0.29) is 5.75 Å². The fourth-order valence-corrected chi connectivity index (χ4v) is 3.74. The zero-order valence-electron chi connectivity index (χ0n) is 15.7. The van der Waals surface area contributed by atoms with E-state index in [0.717, 1.165) is 35.1 Å². The van der Waals surface area contributed by atoms with Gasteiger partial charge in [-0.05, 0) is 48.0 Å². The molecule has 0 radical (unpaired) electrons. The molecule has 0 amide bonds. The van der Waals surface area contributed by atoms with Gasteiger partial charge in [0.1, 0.15) is 5.75 Å². The summed E-state index contributed by atoms with van der Waals surface area (Å²) in [6, 6.07) is 20.1. The Morgan fingerprint density at radius 1 is 1.00 bits per heavy atom. The second-order valence-electron chi connectivity index (χ2n) is 7.08. The lowest BCUT2D eigenvalue weighted by atomic mass is 10.0. The highest BCUT2D eigenvalue weighted by molar-refractivity contribution is 6.02. The highest BCUT2D eigenvalue weighted by atomic mass is 16.3. The first-order valence-corrected chi connectivity index (χ1v) is 9.68. The Labute approximate surface area is 160 Å². The molecule has 138 valence electrons. The minimum atomic E-state index is 0.255. The molecule has 3 aromatic carbocycles. The number of rotatable bonds is 4. The lowest BCUT2D eigenvalue weighted by Gasteiger charge is -2.33. The first-order valence-electron chi connectivity index (χ1n) is 9.68. The number of phenolic OH excluding ortho intramolecular Hbond substituents is 1. The van der Waals surface area contributed by atoms with Crippen molar-refractivity contribution in [1.82, 2.24) is 0 Å². The second-order valence-corrected chi connectivity index (χ2v) is 7.08. The third-order valence-corrected chi connectivity index (χ3v) is 5.48. The first-order chi connectivity index (χ1) is 13.2. The van der Waals surface area contributed by atoms with Crippen molar-refractivity contribution in [2.24, 2.45) is 4.99 Å². The quantitative estimate of drug-likeness (QED) is 0.702. The van der Waals surface area contributed by atoms with E-state index in [4.69, 9.17) is 0 Å². The van der Waals surface area contributed by atoms with Crippen molar-refractivity contribution >= 4 is 28.4 Å². The monoisotopic (exact) mass is 360 g/mol. The Morgan fingerprint density at radius 3 is 2.48 bits per heavy atom. The van der Waals surface area contributed by atoms with Crippen LogP contribution in [0.5, 0.6) is 5.75 Å². The molecule has 0 unspecified atom stereocenters. The topological polar surface area (TPSA) is 40.3 Å². The predicted molar refractivity (Wildman–Crippen MR) is 113 cm³/mol. The van der Waals surface area contributed by atoms with Gasteiger partial charge in [-0.15, -0.1) is 0 Å². The largest absolute Gasteiger partial charge is 0.507 e. The van der Waals surface area contributed by atoms with Crippen LogP contribution in [0, 0.1) is 0 Å². The summed E-state index contributed by atoms with van der Waals surface area (Å²) in [5, 5.41) is 12.3. The SMILES string of the molecule is CC[NH+]1CCN(c2ccc(N=Cc3c(O)ccc4ccccc34)cc2)CC1. The number of anilines is 1. The summed E-state index contributed by atoms with van der Waals surface area (Å²) in [6.07, 6.45) is 1.76. The molecular weight excluding hydrogens is 334 g/mol. The molecule has 1 aliphatic heterocycles. The lowest BCUT2D eigenvalue weighted by Crippen LogP contribution is -3.14. The molecule has 27 heavy (non-hydrogen) atoms. The molecule has 0 aliphatic carbocycles. The lowest BCUT2D eigenvalue weighted by molar-refractivity contribution is -0.898. The summed E-state index contributed by atoms with van der Waals surface area (Å²) in [6.45, 7) is 8.09. The Kier molecular flexibility index (Phi) is 5.07. The number of quaternary nitrogens is 1. The van der Waals surface area contributed by atoms with Crippen molar-refractivity contribution in [3.63, 3.8) is 0 Å². The van der Waals surface area contributed by atoms with E-state index in [2.05, 4.69) is 28.9 Å². The smallest absolute Gasteiger partial charge is 0.124 e. The number of hydrogen-bond donors (Lipinski definition) is 2. The fourth-order valence-electron chi connectivity index (χ4n) is 3.74. The van der Waals surface area contributed by atoms with Gasteiger partial charge in [0.05, 0.1) is 38.4 Å². The highest BCUT2D eigenvalue weighted by Gasteiger charge is 2.18. The van der Waals surface area contributed by atoms with Crippen LogP contribution >= 0.6 is 0 Å². The number of nitrogens with zero attached hydrogens (tertiary/aromatic N) is 2. The maximum Gasteiger partial charge on any atom is 0.124 e. The molecular formula is C23H26N3O+. The summed E-state index contributed by atoms with van der Waals surface area (Å²) in [4.78, 5) is 8.72. The van der Waals surface area contributed by atoms with Crippen molar-refractivity contribution in [2.75, 3.05) is 37.6 Å². The number of hydrogen-bond acceptors (Lipinski definition) is 3. The Morgan fingerprint density at radius 2 is 1.74 bits per heavy atom. The molecule has 1 fully saturated rings. The van der Waals surface area contributed by atoms with Gasteiger partial charge in [0.25, 0.3) is 0 Å². The molecule has 0 aromatic heterocycles. The maximum absolute atomic E-state index is 10.2. The third kappa shape index (κ3) is 3.81. The molecule has 1 heterocycles. The van der Waals surface area contributed by atoms with Gasteiger partial charge >= 0.3 is 0 Å². The van der Waals surface area contributed by atoms with Crippen LogP contribution in [0.25, 0.3) is 10.8 Å². The zero-order chi connectivity index (χ0) is 18.6. The number of benzene rings is 3. The van der Waals surface area contributed by atoms with Gasteiger partial charge in [0.2, 0.25) is 0 Å². The number of nitrogens with one attached hydrogen (secondary N) is 1. The molecule has 4 heteroatoms. The van der Waals surface area contributed by atoms with Crippen molar-refractivity contribution in [1.29, 1.82) is 0 Å². The normalized spacial score (nSPS) is 15.7. The van der Waals surface area contributed by atoms with E-state index in [0.29, 0.717) is 0 Å². The van der Waals surface area contributed by atoms with Gasteiger partial charge in [-0.3, -0.25) is 4.99 Å². The van der Waals surface area contributed by atoms with Gasteiger partial charge in [-0.2, -0.15) is 0 Å². The summed E-state index contributed by atoms with van der Waals surface area (Å²) in [7, 11) is 0. The highest BCUT2D eigenvalue weighted by Crippen LogP contribution is 2.26. The van der Waals surface area contributed by atoms with Crippen LogP contribution in [-0.4, -0.2) is 44.0 Å². The standard InChI is InChI=1S/C23H25N3O/c1-2-25-13-15-26(16-14-25)20-10-8-19(9-11-20)24-17-22-21-6-4-3-5-18(21)7-12-23(22)27/h3-12,17,27H,2,13-16H2,1H3/p+1. The maximum atomic E-state index is 10.2. The molecule has 1 saturated heterocycles. The fraction of sp³-hybridized carbons (Fsp3) is 0.261. The van der Waals surface area contributed by atoms with Gasteiger partial charge in [0.15, 0.2) is 0 Å². The van der Waals surface area contributed by atoms with E-state index in [1.165, 1.54) is 25.3 Å². The van der Waals surface area contributed by atoms with Crippen LogP contribution in [0.4, 0.5) is 11.4 Å². The van der Waals surface area contributed by atoms with Gasteiger partial charge < -0.3 is 14.9 Å². The molecule has 4 nitrogen and oxygen atoms in total. The van der Waals surface area contributed by atoms with Crippen LogP contribution in [0.3, 0.4) is 0 Å². The zero-order valence-corrected chi connectivity index (χ0v) is 15.7. The molecule has 4 rings (SSSR count). The number of fused-ring (bicyclic) bond motifs is 1. The Hall–Kier alpha value is -2.85. The van der Waals surface area contributed by atoms with E-state index < -0.39 is 0 Å². The van der Waals surface area contributed by atoms with Gasteiger partial charge in [-0.25, -0.2) is 0 Å². The van der Waals surface area contributed by atoms with E-state index in [1.807, 2.05) is 42.5 Å². The van der Waals surface area contributed by atoms with Crippen LogP contribution in [0.1, 0.15) is 12.5 Å². The third-order valence-electron chi connectivity index (χ3n) is 5.48. The molecule has 0 atom stereocenters. The Balaban J connectivity index is 1.52. The van der Waals surface area contributed by atoms with Crippen LogP contribution in [-0.2, 0) is 0 Å². The Bertz CT molecular complexity index is 941. The average Bonchev–Trinajstić information content (AvgIpc) is 2.73. The molecule has 0 bridgehead atoms. The molecule has 0 saturated carbocycles. The minimum Gasteiger partial charge on any atom is -0.507 e. The van der Waals surface area contributed by atoms with Crippen molar-refractivity contribution in [3.8, 4) is 5.75 Å². The number of likely N-dealkylation sites (N-methyl/N-ethyl adjacent to an activating group) is 1. The molecule has 2 N–H and O–H groups in total. The van der Waals surface area contributed by atoms with E-state index in [9.17, 15) is 5.11 Å². The van der Waals surface area contributed by atoms with Crippen LogP contribution < -0.4 is 9.80 Å². The van der Waals surface area contributed by atoms with Crippen LogP contribution in [0.2, 0.25) is 0 Å². The number of aromatic hydroxyl groups is 1. The van der Waals surface area contributed by atoms with Gasteiger partial charge in [0, 0.05) is 17.5 Å². The summed E-state index contributed by atoms with van der Waals surface area (Å²) < 4.78 is 0. The predicted octanol–water partition coefficient (Wildman–Crippen LogP) is 3.02. The van der Waals surface area contributed by atoms with Crippen molar-refractivity contribution in [2.45, 2.75) is 6.92 Å². The minimum absolute atomic E-state index is 0.255. The second kappa shape index (κ2) is 7.80. The number of aliphatic imine (C=N–C) groups is 1. The van der Waals surface area contributed by atoms with Crippen molar-refractivity contribution < 1.29 is 10.0 Å². The summed E-state index contributed by atoms with van der Waals surface area (Å²) in [5.74, 6) is 0.255. The molecule has 1 aliphatic rings.